The van der Waals surface area contributed by atoms with Gasteiger partial charge in [0.1, 0.15) is 0 Å². The molecule has 0 aliphatic heterocycles. The first-order valence-corrected chi connectivity index (χ1v) is 3.00. The van der Waals surface area contributed by atoms with E-state index >= 15 is 0 Å². The van der Waals surface area contributed by atoms with E-state index in [9.17, 15) is 4.79 Å². The number of aryl methyl sites for hydroxylation is 1. The van der Waals surface area contributed by atoms with Gasteiger partial charge in [0.05, 0.1) is 18.2 Å². The molecule has 1 atom stereocenters. The molecule has 0 bridgehead atoms. The first-order valence-electron chi connectivity index (χ1n) is 3.00. The number of rotatable bonds is 2. The van der Waals surface area contributed by atoms with E-state index < -0.39 is 12.1 Å². The van der Waals surface area contributed by atoms with E-state index in [0.717, 1.165) is 0 Å². The largest absolute Gasteiger partial charge is 0.479 e. The predicted octanol–water partition coefficient (Wildman–Crippen LogP) is -0.462. The van der Waals surface area contributed by atoms with E-state index in [4.69, 9.17) is 10.2 Å². The summed E-state index contributed by atoms with van der Waals surface area (Å²) in [6.45, 7) is 0. The Hall–Kier alpha value is -1.36. The highest BCUT2D eigenvalue weighted by Gasteiger charge is 2.18. The van der Waals surface area contributed by atoms with Gasteiger partial charge in [0.2, 0.25) is 0 Å². The van der Waals surface area contributed by atoms with Gasteiger partial charge >= 0.3 is 5.97 Å². The van der Waals surface area contributed by atoms with Crippen LogP contribution in [0.2, 0.25) is 0 Å². The number of carboxylic acid groups (broad SMARTS) is 1. The Morgan fingerprint density at radius 2 is 2.45 bits per heavy atom. The summed E-state index contributed by atoms with van der Waals surface area (Å²) in [6, 6.07) is 0. The van der Waals surface area contributed by atoms with Crippen LogP contribution in [0.4, 0.5) is 0 Å². The van der Waals surface area contributed by atoms with Crippen LogP contribution in [-0.2, 0) is 11.8 Å². The Morgan fingerprint density at radius 3 is 2.82 bits per heavy atom. The fourth-order valence-corrected chi connectivity index (χ4v) is 0.757. The molecule has 0 unspecified atom stereocenters. The molecule has 11 heavy (non-hydrogen) atoms. The van der Waals surface area contributed by atoms with Gasteiger partial charge in [0.25, 0.3) is 0 Å². The molecule has 1 heterocycles. The lowest BCUT2D eigenvalue weighted by atomic mass is 10.3. The molecule has 5 heteroatoms. The Bertz CT molecular complexity index is 269. The highest BCUT2D eigenvalue weighted by atomic mass is 16.4. The first-order chi connectivity index (χ1) is 5.13. The molecule has 0 fully saturated rings. The van der Waals surface area contributed by atoms with E-state index in [2.05, 4.69) is 4.98 Å². The second-order valence-electron chi connectivity index (χ2n) is 2.17. The number of aliphatic carboxylic acids is 1. The number of aliphatic hydroxyl groups is 1. The summed E-state index contributed by atoms with van der Waals surface area (Å²) in [5.41, 5.74) is 0.275. The number of aliphatic hydroxyl groups excluding tert-OH is 1. The topological polar surface area (TPSA) is 75.3 Å². The van der Waals surface area contributed by atoms with E-state index in [1.54, 1.807) is 7.05 Å². The third-order valence-corrected chi connectivity index (χ3v) is 1.37. The van der Waals surface area contributed by atoms with Gasteiger partial charge in [-0.15, -0.1) is 0 Å². The van der Waals surface area contributed by atoms with Gasteiger partial charge in [-0.1, -0.05) is 0 Å². The van der Waals surface area contributed by atoms with Crippen LogP contribution in [0.3, 0.4) is 0 Å². The van der Waals surface area contributed by atoms with Crippen molar-refractivity contribution < 1.29 is 15.0 Å². The van der Waals surface area contributed by atoms with Crippen LogP contribution in [0.15, 0.2) is 12.5 Å². The lowest BCUT2D eigenvalue weighted by molar-refractivity contribution is -0.147. The van der Waals surface area contributed by atoms with Crippen molar-refractivity contribution >= 4 is 5.97 Å². The van der Waals surface area contributed by atoms with E-state index in [0.29, 0.717) is 0 Å². The van der Waals surface area contributed by atoms with Crippen LogP contribution in [-0.4, -0.2) is 25.7 Å². The summed E-state index contributed by atoms with van der Waals surface area (Å²) in [5, 5.41) is 17.4. The Kier molecular flexibility index (Phi) is 1.91. The molecule has 0 saturated carbocycles. The molecular weight excluding hydrogens is 148 g/mol. The van der Waals surface area contributed by atoms with Crippen LogP contribution in [0.25, 0.3) is 0 Å². The monoisotopic (exact) mass is 156 g/mol. The van der Waals surface area contributed by atoms with Crippen molar-refractivity contribution in [2.24, 2.45) is 7.05 Å². The van der Waals surface area contributed by atoms with Crippen molar-refractivity contribution in [2.75, 3.05) is 0 Å². The molecule has 0 radical (unpaired) electrons. The number of nitrogens with zero attached hydrogens (tertiary/aromatic N) is 2. The van der Waals surface area contributed by atoms with Gasteiger partial charge in [0, 0.05) is 7.05 Å². The molecule has 1 aromatic rings. The maximum Gasteiger partial charge on any atom is 0.338 e. The van der Waals surface area contributed by atoms with E-state index in [-0.39, 0.29) is 5.69 Å². The van der Waals surface area contributed by atoms with Crippen molar-refractivity contribution in [3.05, 3.63) is 18.2 Å². The van der Waals surface area contributed by atoms with Crippen LogP contribution < -0.4 is 0 Å². The molecule has 1 aromatic heterocycles. The summed E-state index contributed by atoms with van der Waals surface area (Å²) < 4.78 is 1.46. The second kappa shape index (κ2) is 2.71. The lowest BCUT2D eigenvalue weighted by Gasteiger charge is -2.04. The Labute approximate surface area is 62.9 Å². The predicted molar refractivity (Wildman–Crippen MR) is 35.8 cm³/mol. The molecule has 0 aliphatic rings. The smallest absolute Gasteiger partial charge is 0.338 e. The van der Waals surface area contributed by atoms with Gasteiger partial charge in [-0.25, -0.2) is 9.78 Å². The number of imidazole rings is 1. The zero-order valence-corrected chi connectivity index (χ0v) is 5.93. The molecule has 0 amide bonds. The summed E-state index contributed by atoms with van der Waals surface area (Å²) in [7, 11) is 1.62. The molecule has 60 valence electrons. The minimum atomic E-state index is -1.48. The lowest BCUT2D eigenvalue weighted by Crippen LogP contribution is -2.13. The van der Waals surface area contributed by atoms with Gasteiger partial charge in [-0.2, -0.15) is 0 Å². The van der Waals surface area contributed by atoms with Crippen LogP contribution in [0.1, 0.15) is 11.8 Å². The maximum atomic E-state index is 10.3. The summed E-state index contributed by atoms with van der Waals surface area (Å²) in [4.78, 5) is 13.9. The number of aromatic nitrogens is 2. The molecule has 0 aromatic carbocycles. The minimum Gasteiger partial charge on any atom is -0.479 e. The molecule has 2 N–H and O–H groups in total. The Balaban J connectivity index is 2.92. The third-order valence-electron chi connectivity index (χ3n) is 1.37. The fourth-order valence-electron chi connectivity index (χ4n) is 0.757. The second-order valence-corrected chi connectivity index (χ2v) is 2.17. The molecule has 5 nitrogen and oxygen atoms in total. The molecule has 0 aliphatic carbocycles. The highest BCUT2D eigenvalue weighted by Crippen LogP contribution is 2.09. The quantitative estimate of drug-likeness (QED) is 0.607. The Morgan fingerprint density at radius 1 is 1.82 bits per heavy atom. The van der Waals surface area contributed by atoms with Gasteiger partial charge in [0.15, 0.2) is 6.10 Å². The highest BCUT2D eigenvalue weighted by molar-refractivity contribution is 5.73. The van der Waals surface area contributed by atoms with Crippen LogP contribution >= 0.6 is 0 Å². The van der Waals surface area contributed by atoms with E-state index in [1.807, 2.05) is 0 Å². The molecular formula is C6H8N2O3. The maximum absolute atomic E-state index is 10.3. The SMILES string of the molecule is Cn1cncc1[C@@H](O)C(=O)O. The van der Waals surface area contributed by atoms with Crippen LogP contribution in [0, 0.1) is 0 Å². The molecule has 0 spiro atoms. The van der Waals surface area contributed by atoms with Gasteiger partial charge < -0.3 is 14.8 Å². The van der Waals surface area contributed by atoms with Crippen molar-refractivity contribution in [1.82, 2.24) is 9.55 Å². The summed E-state index contributed by atoms with van der Waals surface area (Å²) in [6.07, 6.45) is 1.27. The first kappa shape index (κ1) is 7.74. The normalized spacial score (nSPS) is 12.9. The molecule has 1 rings (SSSR count). The molecule has 0 saturated heterocycles. The standard InChI is InChI=1S/C6H8N2O3/c1-8-3-7-2-4(8)5(9)6(10)11/h2-3,5,9H,1H3,(H,10,11)/t5-/m1/s1. The zero-order chi connectivity index (χ0) is 8.43. The van der Waals surface area contributed by atoms with Crippen molar-refractivity contribution in [3.8, 4) is 0 Å². The van der Waals surface area contributed by atoms with Crippen LogP contribution in [0.5, 0.6) is 0 Å². The van der Waals surface area contributed by atoms with Crippen molar-refractivity contribution in [1.29, 1.82) is 0 Å². The summed E-state index contributed by atoms with van der Waals surface area (Å²) in [5.74, 6) is -1.27. The number of carboxylic acids is 1. The number of carbonyl (C=O) groups is 1. The average Bonchev–Trinajstić information content (AvgIpc) is 2.33. The summed E-state index contributed by atoms with van der Waals surface area (Å²) >= 11 is 0. The minimum absolute atomic E-state index is 0.275. The number of hydrogen-bond donors (Lipinski definition) is 2. The van der Waals surface area contributed by atoms with Crippen molar-refractivity contribution in [2.45, 2.75) is 6.10 Å². The fraction of sp³-hybridized carbons (Fsp3) is 0.333. The van der Waals surface area contributed by atoms with Crippen molar-refractivity contribution in [3.63, 3.8) is 0 Å². The van der Waals surface area contributed by atoms with E-state index in [1.165, 1.54) is 17.1 Å². The third kappa shape index (κ3) is 1.38. The zero-order valence-electron chi connectivity index (χ0n) is 5.93. The van der Waals surface area contributed by atoms with Gasteiger partial charge in [-0.05, 0) is 0 Å². The average molecular weight is 156 g/mol. The van der Waals surface area contributed by atoms with Gasteiger partial charge in [-0.3, -0.25) is 0 Å². The number of hydrogen-bond acceptors (Lipinski definition) is 3.